The molecule has 28 heavy (non-hydrogen) atoms. The minimum Gasteiger partial charge on any atom is -0.497 e. The molecule has 0 heterocycles. The third kappa shape index (κ3) is 8.88. The Morgan fingerprint density at radius 3 is 1.93 bits per heavy atom. The molecule has 0 spiro atoms. The summed E-state index contributed by atoms with van der Waals surface area (Å²) in [6, 6.07) is 5.71. The summed E-state index contributed by atoms with van der Waals surface area (Å²) in [5, 5.41) is 2.51. The smallest absolute Gasteiger partial charge is 0.408 e. The Morgan fingerprint density at radius 2 is 1.46 bits per heavy atom. The number of ketones is 1. The molecule has 0 aliphatic carbocycles. The van der Waals surface area contributed by atoms with Gasteiger partial charge in [0.05, 0.1) is 7.11 Å². The van der Waals surface area contributed by atoms with Crippen molar-refractivity contribution in [2.24, 2.45) is 0 Å². The van der Waals surface area contributed by atoms with E-state index < -0.39 is 29.3 Å². The number of carbonyl (C=O) groups is 3. The lowest BCUT2D eigenvalue weighted by Crippen LogP contribution is -2.46. The summed E-state index contributed by atoms with van der Waals surface area (Å²) in [6.45, 7) is 10.4. The summed E-state index contributed by atoms with van der Waals surface area (Å²) in [7, 11) is 1.55. The normalized spacial score (nSPS) is 12.7. The second kappa shape index (κ2) is 9.57. The van der Waals surface area contributed by atoms with Crippen LogP contribution < -0.4 is 10.1 Å². The molecule has 7 heteroatoms. The fourth-order valence-corrected chi connectivity index (χ4v) is 2.27. The van der Waals surface area contributed by atoms with Crippen molar-refractivity contribution in [3.63, 3.8) is 0 Å². The van der Waals surface area contributed by atoms with E-state index in [9.17, 15) is 14.4 Å². The lowest BCUT2D eigenvalue weighted by Gasteiger charge is -2.26. The lowest BCUT2D eigenvalue weighted by molar-refractivity contribution is -0.157. The van der Waals surface area contributed by atoms with Gasteiger partial charge < -0.3 is 19.5 Å². The van der Waals surface area contributed by atoms with E-state index in [4.69, 9.17) is 14.2 Å². The van der Waals surface area contributed by atoms with Gasteiger partial charge in [0.15, 0.2) is 5.78 Å². The van der Waals surface area contributed by atoms with Crippen LogP contribution in [0.3, 0.4) is 0 Å². The summed E-state index contributed by atoms with van der Waals surface area (Å²) in [5.41, 5.74) is -0.923. The molecule has 0 radical (unpaired) electrons. The molecule has 1 aromatic carbocycles. The molecule has 0 saturated carbocycles. The van der Waals surface area contributed by atoms with E-state index in [1.54, 1.807) is 72.9 Å². The molecule has 0 saturated heterocycles. The number of alkyl carbamates (subject to hydrolysis) is 1. The highest BCUT2D eigenvalue weighted by atomic mass is 16.6. The number of Topliss-reactive ketones (excluding diaryl/α,β-unsaturated/α-hetero) is 1. The van der Waals surface area contributed by atoms with Gasteiger partial charge in [-0.1, -0.05) is 0 Å². The zero-order valence-corrected chi connectivity index (χ0v) is 17.8. The van der Waals surface area contributed by atoms with Gasteiger partial charge in [-0.3, -0.25) is 4.79 Å². The zero-order chi connectivity index (χ0) is 21.5. The quantitative estimate of drug-likeness (QED) is 0.558. The van der Waals surface area contributed by atoms with Crippen LogP contribution in [0.2, 0.25) is 0 Å². The van der Waals surface area contributed by atoms with Gasteiger partial charge in [-0.25, -0.2) is 9.59 Å². The Morgan fingerprint density at radius 1 is 0.929 bits per heavy atom. The number of benzene rings is 1. The molecule has 0 unspecified atom stereocenters. The van der Waals surface area contributed by atoms with Gasteiger partial charge in [0.2, 0.25) is 0 Å². The molecule has 0 bridgehead atoms. The average molecular weight is 393 g/mol. The Kier molecular flexibility index (Phi) is 8.02. The van der Waals surface area contributed by atoms with Crippen LogP contribution in [-0.2, 0) is 14.3 Å². The van der Waals surface area contributed by atoms with Crippen LogP contribution in [0.1, 0.15) is 64.7 Å². The van der Waals surface area contributed by atoms with E-state index in [0.29, 0.717) is 11.3 Å². The van der Waals surface area contributed by atoms with Crippen molar-refractivity contribution >= 4 is 17.8 Å². The van der Waals surface area contributed by atoms with E-state index >= 15 is 0 Å². The number of rotatable bonds is 7. The Bertz CT molecular complexity index is 682. The van der Waals surface area contributed by atoms with Crippen molar-refractivity contribution in [3.8, 4) is 5.75 Å². The van der Waals surface area contributed by atoms with Crippen molar-refractivity contribution in [1.29, 1.82) is 0 Å². The van der Waals surface area contributed by atoms with Gasteiger partial charge in [0.25, 0.3) is 0 Å². The predicted octanol–water partition coefficient (Wildman–Crippen LogP) is 3.89. The highest BCUT2D eigenvalue weighted by molar-refractivity contribution is 5.96. The molecule has 0 fully saturated rings. The first kappa shape index (κ1) is 23.5. The average Bonchev–Trinajstić information content (AvgIpc) is 2.55. The summed E-state index contributed by atoms with van der Waals surface area (Å²) in [5.74, 6) is -0.113. The third-order valence-corrected chi connectivity index (χ3v) is 3.45. The van der Waals surface area contributed by atoms with Gasteiger partial charge in [-0.15, -0.1) is 0 Å². The van der Waals surface area contributed by atoms with Crippen LogP contribution in [0.4, 0.5) is 4.79 Å². The summed E-state index contributed by atoms with van der Waals surface area (Å²) in [4.78, 5) is 37.0. The van der Waals surface area contributed by atoms with Crippen molar-refractivity contribution in [2.75, 3.05) is 7.11 Å². The van der Waals surface area contributed by atoms with Gasteiger partial charge in [0.1, 0.15) is 23.0 Å². The van der Waals surface area contributed by atoms with E-state index in [0.717, 1.165) is 0 Å². The minimum atomic E-state index is -0.990. The van der Waals surface area contributed by atoms with Crippen LogP contribution >= 0.6 is 0 Å². The molecule has 7 nitrogen and oxygen atoms in total. The van der Waals surface area contributed by atoms with Crippen LogP contribution in [-0.4, -0.2) is 42.2 Å². The number of amides is 1. The first-order valence-electron chi connectivity index (χ1n) is 9.20. The minimum absolute atomic E-state index is 0.0615. The van der Waals surface area contributed by atoms with Crippen LogP contribution in [0.25, 0.3) is 0 Å². The maximum absolute atomic E-state index is 12.5. The van der Waals surface area contributed by atoms with Gasteiger partial charge in [-0.2, -0.15) is 0 Å². The lowest BCUT2D eigenvalue weighted by atomic mass is 10.0. The Labute approximate surface area is 166 Å². The van der Waals surface area contributed by atoms with E-state index in [1.165, 1.54) is 0 Å². The second-order valence-electron chi connectivity index (χ2n) is 8.42. The third-order valence-electron chi connectivity index (χ3n) is 3.45. The summed E-state index contributed by atoms with van der Waals surface area (Å²) < 4.78 is 15.6. The summed E-state index contributed by atoms with van der Waals surface area (Å²) >= 11 is 0. The highest BCUT2D eigenvalue weighted by Crippen LogP contribution is 2.16. The molecule has 0 aliphatic heterocycles. The molecule has 0 aliphatic rings. The molecule has 1 rings (SSSR count). The second-order valence-corrected chi connectivity index (χ2v) is 8.42. The molecular weight excluding hydrogens is 362 g/mol. The number of carbonyl (C=O) groups excluding carboxylic acids is 3. The fourth-order valence-electron chi connectivity index (χ4n) is 2.27. The van der Waals surface area contributed by atoms with Crippen LogP contribution in [0, 0.1) is 0 Å². The van der Waals surface area contributed by atoms with E-state index in [2.05, 4.69) is 5.32 Å². The zero-order valence-electron chi connectivity index (χ0n) is 17.8. The standard InChI is InChI=1S/C21H31NO6/c1-20(2,3)27-18(24)16(22-19(25)28-21(4,5)6)12-13-17(23)14-8-10-15(26-7)11-9-14/h8-11,16H,12-13H2,1-7H3,(H,22,25)/t16-/m0/s1. The number of ether oxygens (including phenoxy) is 3. The number of hydrogen-bond acceptors (Lipinski definition) is 6. The molecule has 1 atom stereocenters. The fraction of sp³-hybridized carbons (Fsp3) is 0.571. The monoisotopic (exact) mass is 393 g/mol. The van der Waals surface area contributed by atoms with E-state index in [1.807, 2.05) is 0 Å². The van der Waals surface area contributed by atoms with Crippen LogP contribution in [0.5, 0.6) is 5.75 Å². The topological polar surface area (TPSA) is 90.9 Å². The number of hydrogen-bond donors (Lipinski definition) is 1. The first-order chi connectivity index (χ1) is 12.8. The number of nitrogens with one attached hydrogen (secondary N) is 1. The van der Waals surface area contributed by atoms with Crippen molar-refractivity contribution in [2.45, 2.75) is 71.6 Å². The Hall–Kier alpha value is -2.57. The number of esters is 1. The highest BCUT2D eigenvalue weighted by Gasteiger charge is 2.29. The molecule has 1 amide bonds. The van der Waals surface area contributed by atoms with Crippen molar-refractivity contribution in [3.05, 3.63) is 29.8 Å². The molecule has 0 aromatic heterocycles. The van der Waals surface area contributed by atoms with Gasteiger partial charge >= 0.3 is 12.1 Å². The van der Waals surface area contributed by atoms with Crippen molar-refractivity contribution in [1.82, 2.24) is 5.32 Å². The predicted molar refractivity (Wildman–Crippen MR) is 106 cm³/mol. The maximum Gasteiger partial charge on any atom is 0.408 e. The molecule has 1 N–H and O–H groups in total. The number of methoxy groups -OCH3 is 1. The van der Waals surface area contributed by atoms with Gasteiger partial charge in [0, 0.05) is 12.0 Å². The largest absolute Gasteiger partial charge is 0.497 e. The molecule has 1 aromatic rings. The Balaban J connectivity index is 2.81. The molecular formula is C21H31NO6. The maximum atomic E-state index is 12.5. The molecule has 156 valence electrons. The summed E-state index contributed by atoms with van der Waals surface area (Å²) in [6.07, 6.45) is -0.578. The van der Waals surface area contributed by atoms with Crippen molar-refractivity contribution < 1.29 is 28.6 Å². The van der Waals surface area contributed by atoms with Crippen LogP contribution in [0.15, 0.2) is 24.3 Å². The van der Waals surface area contributed by atoms with Gasteiger partial charge in [-0.05, 0) is 72.2 Å². The van der Waals surface area contributed by atoms with E-state index in [-0.39, 0.29) is 18.6 Å². The SMILES string of the molecule is COc1ccc(C(=O)CC[C@H](NC(=O)OC(C)(C)C)C(=O)OC(C)(C)C)cc1. The first-order valence-corrected chi connectivity index (χ1v) is 9.20.